The van der Waals surface area contributed by atoms with E-state index in [4.69, 9.17) is 27.9 Å². The first-order valence-corrected chi connectivity index (χ1v) is 10.2. The lowest BCUT2D eigenvalue weighted by Gasteiger charge is -2.20. The molecule has 0 atom stereocenters. The fourth-order valence-electron chi connectivity index (χ4n) is 2.10. The Kier molecular flexibility index (Phi) is 6.75. The van der Waals surface area contributed by atoms with E-state index in [1.807, 2.05) is 0 Å². The molecule has 0 saturated carbocycles. The summed E-state index contributed by atoms with van der Waals surface area (Å²) in [5, 5.41) is 3.39. The summed E-state index contributed by atoms with van der Waals surface area (Å²) in [5.41, 5.74) is -0.168. The van der Waals surface area contributed by atoms with Crippen LogP contribution in [0.4, 0.5) is 5.69 Å². The van der Waals surface area contributed by atoms with E-state index < -0.39 is 21.5 Å². The van der Waals surface area contributed by atoms with E-state index in [0.29, 0.717) is 21.5 Å². The molecule has 6 nitrogen and oxygen atoms in total. The van der Waals surface area contributed by atoms with Crippen LogP contribution in [-0.4, -0.2) is 26.5 Å². The van der Waals surface area contributed by atoms with Crippen LogP contribution in [0.2, 0.25) is 10.0 Å². The van der Waals surface area contributed by atoms with Crippen LogP contribution in [0.1, 0.15) is 20.8 Å². The predicted octanol–water partition coefficient (Wildman–Crippen LogP) is 4.09. The van der Waals surface area contributed by atoms with E-state index >= 15 is 0 Å². The normalized spacial score (nSPS) is 11.9. The minimum absolute atomic E-state index is 0.113. The maximum atomic E-state index is 12.2. The summed E-state index contributed by atoms with van der Waals surface area (Å²) in [6.07, 6.45) is 0. The van der Waals surface area contributed by atoms with Gasteiger partial charge in [0.2, 0.25) is 10.0 Å². The van der Waals surface area contributed by atoms with E-state index in [0.717, 1.165) is 0 Å². The smallest absolute Gasteiger partial charge is 0.262 e. The van der Waals surface area contributed by atoms with Crippen molar-refractivity contribution in [3.63, 3.8) is 0 Å². The summed E-state index contributed by atoms with van der Waals surface area (Å²) in [5.74, 6) is -0.0487. The maximum absolute atomic E-state index is 12.2. The highest BCUT2D eigenvalue weighted by molar-refractivity contribution is 7.89. The molecule has 0 saturated heterocycles. The molecule has 0 radical (unpaired) electrons. The van der Waals surface area contributed by atoms with Crippen LogP contribution in [0.15, 0.2) is 47.4 Å². The molecule has 1 amide bonds. The van der Waals surface area contributed by atoms with Gasteiger partial charge in [0.15, 0.2) is 6.61 Å². The molecule has 0 aliphatic carbocycles. The van der Waals surface area contributed by atoms with Gasteiger partial charge in [-0.15, -0.1) is 0 Å². The van der Waals surface area contributed by atoms with Gasteiger partial charge in [-0.2, -0.15) is 0 Å². The van der Waals surface area contributed by atoms with Crippen LogP contribution in [0.5, 0.6) is 5.75 Å². The van der Waals surface area contributed by atoms with Crippen molar-refractivity contribution >= 4 is 44.8 Å². The molecule has 0 bridgehead atoms. The van der Waals surface area contributed by atoms with Crippen molar-refractivity contribution in [3.05, 3.63) is 52.5 Å². The highest BCUT2D eigenvalue weighted by atomic mass is 35.5. The quantitative estimate of drug-likeness (QED) is 0.722. The van der Waals surface area contributed by atoms with Crippen LogP contribution in [-0.2, 0) is 14.8 Å². The lowest BCUT2D eigenvalue weighted by atomic mass is 10.1. The standard InChI is InChI=1S/C18H20Cl2N2O4S/c1-18(2,3)22-27(24,25)14-7-5-13(6-8-14)26-11-17(23)21-16-9-4-12(19)10-15(16)20/h4-10,22H,11H2,1-3H3,(H,21,23). The van der Waals surface area contributed by atoms with Gasteiger partial charge in [0.05, 0.1) is 15.6 Å². The number of carbonyl (C=O) groups is 1. The number of ether oxygens (including phenoxy) is 1. The van der Waals surface area contributed by atoms with Gasteiger partial charge in [-0.3, -0.25) is 4.79 Å². The minimum atomic E-state index is -3.63. The minimum Gasteiger partial charge on any atom is -0.484 e. The zero-order valence-electron chi connectivity index (χ0n) is 15.0. The fourth-order valence-corrected chi connectivity index (χ4v) is 3.98. The molecule has 0 aromatic heterocycles. The largest absolute Gasteiger partial charge is 0.484 e. The van der Waals surface area contributed by atoms with Gasteiger partial charge in [0.1, 0.15) is 5.75 Å². The van der Waals surface area contributed by atoms with Gasteiger partial charge in [-0.25, -0.2) is 13.1 Å². The van der Waals surface area contributed by atoms with E-state index in [-0.39, 0.29) is 11.5 Å². The van der Waals surface area contributed by atoms with Gasteiger partial charge < -0.3 is 10.1 Å². The van der Waals surface area contributed by atoms with Gasteiger partial charge in [-0.1, -0.05) is 23.2 Å². The van der Waals surface area contributed by atoms with Crippen LogP contribution in [0.25, 0.3) is 0 Å². The van der Waals surface area contributed by atoms with Crippen molar-refractivity contribution < 1.29 is 17.9 Å². The van der Waals surface area contributed by atoms with Gasteiger partial charge in [0, 0.05) is 10.6 Å². The second-order valence-electron chi connectivity index (χ2n) is 6.79. The zero-order chi connectivity index (χ0) is 20.2. The Bertz CT molecular complexity index is 923. The van der Waals surface area contributed by atoms with E-state index in [1.165, 1.54) is 30.3 Å². The number of benzene rings is 2. The Labute approximate surface area is 168 Å². The Balaban J connectivity index is 1.96. The molecule has 0 fully saturated rings. The van der Waals surface area contributed by atoms with Crippen molar-refractivity contribution in [2.75, 3.05) is 11.9 Å². The molecule has 0 spiro atoms. The maximum Gasteiger partial charge on any atom is 0.262 e. The summed E-state index contributed by atoms with van der Waals surface area (Å²) < 4.78 is 32.4. The van der Waals surface area contributed by atoms with Crippen molar-refractivity contribution in [2.24, 2.45) is 0 Å². The molecule has 0 aliphatic heterocycles. The molecular formula is C18H20Cl2N2O4S. The molecule has 0 heterocycles. The van der Waals surface area contributed by atoms with Crippen molar-refractivity contribution in [3.8, 4) is 5.75 Å². The zero-order valence-corrected chi connectivity index (χ0v) is 17.4. The van der Waals surface area contributed by atoms with Gasteiger partial charge in [0.25, 0.3) is 5.91 Å². The van der Waals surface area contributed by atoms with Crippen LogP contribution in [0.3, 0.4) is 0 Å². The Morgan fingerprint density at radius 1 is 1.07 bits per heavy atom. The lowest BCUT2D eigenvalue weighted by molar-refractivity contribution is -0.118. The molecule has 2 N–H and O–H groups in total. The Morgan fingerprint density at radius 3 is 2.26 bits per heavy atom. The third-order valence-electron chi connectivity index (χ3n) is 3.15. The SMILES string of the molecule is CC(C)(C)NS(=O)(=O)c1ccc(OCC(=O)Nc2ccc(Cl)cc2Cl)cc1. The van der Waals surface area contributed by atoms with Crippen molar-refractivity contribution in [1.29, 1.82) is 0 Å². The first-order chi connectivity index (χ1) is 12.5. The molecule has 27 heavy (non-hydrogen) atoms. The second kappa shape index (κ2) is 8.48. The number of hydrogen-bond acceptors (Lipinski definition) is 4. The molecular weight excluding hydrogens is 411 g/mol. The topological polar surface area (TPSA) is 84.5 Å². The number of halogens is 2. The van der Waals surface area contributed by atoms with E-state index in [9.17, 15) is 13.2 Å². The number of amides is 1. The molecule has 9 heteroatoms. The third kappa shape index (κ3) is 6.70. The number of rotatable bonds is 6. The molecule has 0 unspecified atom stereocenters. The van der Waals surface area contributed by atoms with E-state index in [1.54, 1.807) is 32.9 Å². The predicted molar refractivity (Wildman–Crippen MR) is 107 cm³/mol. The summed E-state index contributed by atoms with van der Waals surface area (Å²) >= 11 is 11.8. The van der Waals surface area contributed by atoms with E-state index in [2.05, 4.69) is 10.0 Å². The lowest BCUT2D eigenvalue weighted by Crippen LogP contribution is -2.40. The molecule has 2 aromatic carbocycles. The fraction of sp³-hybridized carbons (Fsp3) is 0.278. The number of carbonyl (C=O) groups excluding carboxylic acids is 1. The summed E-state index contributed by atoms with van der Waals surface area (Å²) in [4.78, 5) is 12.1. The second-order valence-corrected chi connectivity index (χ2v) is 9.31. The highest BCUT2D eigenvalue weighted by Gasteiger charge is 2.21. The average Bonchev–Trinajstić information content (AvgIpc) is 2.54. The molecule has 0 aliphatic rings. The number of sulfonamides is 1. The van der Waals surface area contributed by atoms with Gasteiger partial charge in [-0.05, 0) is 63.2 Å². The molecule has 2 rings (SSSR count). The summed E-state index contributed by atoms with van der Waals surface area (Å²) in [6.45, 7) is 5.01. The van der Waals surface area contributed by atoms with Crippen molar-refractivity contribution in [2.45, 2.75) is 31.2 Å². The molecule has 2 aromatic rings. The monoisotopic (exact) mass is 430 g/mol. The molecule has 146 valence electrons. The van der Waals surface area contributed by atoms with Crippen LogP contribution >= 0.6 is 23.2 Å². The van der Waals surface area contributed by atoms with Crippen molar-refractivity contribution in [1.82, 2.24) is 4.72 Å². The summed E-state index contributed by atoms with van der Waals surface area (Å²) in [6, 6.07) is 10.5. The van der Waals surface area contributed by atoms with Crippen LogP contribution < -0.4 is 14.8 Å². The number of anilines is 1. The highest BCUT2D eigenvalue weighted by Crippen LogP contribution is 2.25. The summed E-state index contributed by atoms with van der Waals surface area (Å²) in [7, 11) is -3.63. The Morgan fingerprint density at radius 2 is 1.70 bits per heavy atom. The Hall–Kier alpha value is -1.80. The average molecular weight is 431 g/mol. The number of hydrogen-bond donors (Lipinski definition) is 2. The van der Waals surface area contributed by atoms with Crippen LogP contribution in [0, 0.1) is 0 Å². The number of nitrogens with one attached hydrogen (secondary N) is 2. The third-order valence-corrected chi connectivity index (χ3v) is 5.47. The first kappa shape index (κ1) is 21.5. The first-order valence-electron chi connectivity index (χ1n) is 7.98. The van der Waals surface area contributed by atoms with Gasteiger partial charge >= 0.3 is 0 Å².